The van der Waals surface area contributed by atoms with E-state index in [-0.39, 0.29) is 17.1 Å². The fourth-order valence-electron chi connectivity index (χ4n) is 5.52. The maximum Gasteiger partial charge on any atom is 0.252 e. The van der Waals surface area contributed by atoms with E-state index < -0.39 is 0 Å². The maximum absolute atomic E-state index is 13.4. The van der Waals surface area contributed by atoms with Crippen molar-refractivity contribution in [1.82, 2.24) is 35.0 Å². The summed E-state index contributed by atoms with van der Waals surface area (Å²) in [4.78, 5) is 21.3. The van der Waals surface area contributed by atoms with Crippen LogP contribution >= 0.6 is 0 Å². The van der Waals surface area contributed by atoms with Gasteiger partial charge < -0.3 is 19.2 Å². The van der Waals surface area contributed by atoms with Gasteiger partial charge in [-0.2, -0.15) is 0 Å². The molecule has 0 amide bonds. The average Bonchev–Trinajstić information content (AvgIpc) is 3.46. The molecule has 5 rings (SSSR count). The minimum Gasteiger partial charge on any atom is -0.486 e. The predicted octanol–water partition coefficient (Wildman–Crippen LogP) is 3.50. The lowest BCUT2D eigenvalue weighted by Crippen LogP contribution is -2.40. The Balaban J connectivity index is 1.47. The highest BCUT2D eigenvalue weighted by molar-refractivity contribution is 5.83. The van der Waals surface area contributed by atoms with Crippen molar-refractivity contribution < 1.29 is 14.2 Å². The minimum absolute atomic E-state index is 0.0223. The van der Waals surface area contributed by atoms with Crippen molar-refractivity contribution in [1.29, 1.82) is 0 Å². The molecule has 2 aliphatic rings. The second-order valence-electron chi connectivity index (χ2n) is 11.4. The summed E-state index contributed by atoms with van der Waals surface area (Å²) in [6.45, 7) is 15.5. The number of aromatic amines is 1. The van der Waals surface area contributed by atoms with Gasteiger partial charge in [-0.25, -0.2) is 4.68 Å². The van der Waals surface area contributed by atoms with E-state index >= 15 is 0 Å². The molecule has 2 aliphatic heterocycles. The van der Waals surface area contributed by atoms with Crippen molar-refractivity contribution in [2.24, 2.45) is 0 Å². The van der Waals surface area contributed by atoms with Gasteiger partial charge in [0, 0.05) is 43.2 Å². The summed E-state index contributed by atoms with van der Waals surface area (Å²) in [5.74, 6) is 2.24. The number of morpholine rings is 1. The van der Waals surface area contributed by atoms with Crippen molar-refractivity contribution in [3.63, 3.8) is 0 Å². The molecule has 1 saturated heterocycles. The molecule has 2 aromatic heterocycles. The Morgan fingerprint density at radius 2 is 1.82 bits per heavy atom. The van der Waals surface area contributed by atoms with Gasteiger partial charge in [0.1, 0.15) is 13.2 Å². The SMILES string of the molecule is CCC[C@@H](c1nnnn1C(C)(C)CC)N(CCCN1CCOCC1)Cc1cc2cc3c(cc2[nH]c1=O)OCCO3. The lowest BCUT2D eigenvalue weighted by Gasteiger charge is -2.34. The standard InChI is InChI=1S/C29H43N7O4/c1-5-8-24(27-31-32-33-36(27)29(3,4)6-2)35(10-7-9-34-11-13-38-14-12-34)20-22-17-21-18-25-26(40-16-15-39-25)19-23(21)30-28(22)37/h17-19,24H,5-16,20H2,1-4H3,(H,30,37)/t24-/m0/s1. The molecule has 3 aromatic rings. The summed E-state index contributed by atoms with van der Waals surface area (Å²) in [6, 6.07) is 5.78. The second-order valence-corrected chi connectivity index (χ2v) is 11.4. The smallest absolute Gasteiger partial charge is 0.252 e. The van der Waals surface area contributed by atoms with Gasteiger partial charge in [0.05, 0.1) is 30.3 Å². The Hall–Kier alpha value is -3.02. The first-order chi connectivity index (χ1) is 19.4. The van der Waals surface area contributed by atoms with E-state index in [1.807, 2.05) is 22.9 Å². The van der Waals surface area contributed by atoms with E-state index in [2.05, 4.69) is 58.0 Å². The van der Waals surface area contributed by atoms with E-state index in [1.165, 1.54) is 0 Å². The topological polar surface area (TPSA) is 111 Å². The van der Waals surface area contributed by atoms with Crippen LogP contribution in [0.25, 0.3) is 10.9 Å². The van der Waals surface area contributed by atoms with Crippen LogP contribution in [0.2, 0.25) is 0 Å². The van der Waals surface area contributed by atoms with Crippen LogP contribution in [0.15, 0.2) is 23.0 Å². The molecule has 0 bridgehead atoms. The number of hydrogen-bond donors (Lipinski definition) is 1. The first-order valence-electron chi connectivity index (χ1n) is 14.7. The van der Waals surface area contributed by atoms with E-state index in [9.17, 15) is 4.79 Å². The Morgan fingerprint density at radius 3 is 2.55 bits per heavy atom. The molecule has 0 unspecified atom stereocenters. The van der Waals surface area contributed by atoms with E-state index in [0.29, 0.717) is 36.8 Å². The first kappa shape index (κ1) is 28.5. The average molecular weight is 554 g/mol. The Kier molecular flexibility index (Phi) is 9.02. The molecular formula is C29H43N7O4. The van der Waals surface area contributed by atoms with Gasteiger partial charge in [0.15, 0.2) is 17.3 Å². The van der Waals surface area contributed by atoms with Gasteiger partial charge in [-0.1, -0.05) is 20.3 Å². The molecule has 1 aromatic carbocycles. The quantitative estimate of drug-likeness (QED) is 0.360. The van der Waals surface area contributed by atoms with E-state index in [4.69, 9.17) is 14.2 Å². The van der Waals surface area contributed by atoms with Crippen LogP contribution in [-0.4, -0.2) is 87.6 Å². The first-order valence-corrected chi connectivity index (χ1v) is 14.7. The third kappa shape index (κ3) is 6.31. The molecule has 40 heavy (non-hydrogen) atoms. The lowest BCUT2D eigenvalue weighted by atomic mass is 10.0. The number of pyridine rings is 1. The van der Waals surface area contributed by atoms with Crippen molar-refractivity contribution in [3.05, 3.63) is 39.9 Å². The normalized spacial score (nSPS) is 17.0. The molecule has 0 saturated carbocycles. The van der Waals surface area contributed by atoms with Gasteiger partial charge >= 0.3 is 0 Å². The zero-order valence-electron chi connectivity index (χ0n) is 24.3. The highest BCUT2D eigenvalue weighted by atomic mass is 16.6. The van der Waals surface area contributed by atoms with Crippen LogP contribution < -0.4 is 15.0 Å². The molecule has 1 fully saturated rings. The fraction of sp³-hybridized carbons (Fsp3) is 0.655. The summed E-state index contributed by atoms with van der Waals surface area (Å²) in [6.07, 6.45) is 3.74. The molecule has 4 heterocycles. The number of rotatable bonds is 12. The summed E-state index contributed by atoms with van der Waals surface area (Å²) in [5, 5.41) is 14.0. The largest absolute Gasteiger partial charge is 0.486 e. The molecule has 11 heteroatoms. The van der Waals surface area contributed by atoms with Gasteiger partial charge in [0.25, 0.3) is 5.56 Å². The van der Waals surface area contributed by atoms with E-state index in [0.717, 1.165) is 81.8 Å². The maximum atomic E-state index is 13.4. The number of tetrazole rings is 1. The zero-order chi connectivity index (χ0) is 28.1. The van der Waals surface area contributed by atoms with Gasteiger partial charge in [-0.3, -0.25) is 14.6 Å². The van der Waals surface area contributed by atoms with Crippen LogP contribution in [0.5, 0.6) is 11.5 Å². The monoisotopic (exact) mass is 553 g/mol. The van der Waals surface area contributed by atoms with Gasteiger partial charge in [0.2, 0.25) is 0 Å². The molecule has 0 spiro atoms. The molecule has 0 aliphatic carbocycles. The third-order valence-electron chi connectivity index (χ3n) is 8.21. The number of hydrogen-bond acceptors (Lipinski definition) is 9. The van der Waals surface area contributed by atoms with Crippen molar-refractivity contribution in [3.8, 4) is 11.5 Å². The summed E-state index contributed by atoms with van der Waals surface area (Å²) in [5.41, 5.74) is 1.15. The number of nitrogens with zero attached hydrogens (tertiary/aromatic N) is 6. The van der Waals surface area contributed by atoms with Crippen LogP contribution in [0.1, 0.15) is 70.8 Å². The lowest BCUT2D eigenvalue weighted by molar-refractivity contribution is 0.0347. The predicted molar refractivity (Wildman–Crippen MR) is 153 cm³/mol. The van der Waals surface area contributed by atoms with Crippen LogP contribution in [-0.2, 0) is 16.8 Å². The number of aromatic nitrogens is 5. The number of benzene rings is 1. The van der Waals surface area contributed by atoms with Crippen molar-refractivity contribution in [2.75, 3.05) is 52.6 Å². The second kappa shape index (κ2) is 12.7. The van der Waals surface area contributed by atoms with E-state index in [1.54, 1.807) is 0 Å². The third-order valence-corrected chi connectivity index (χ3v) is 8.21. The van der Waals surface area contributed by atoms with Crippen LogP contribution in [0, 0.1) is 0 Å². The van der Waals surface area contributed by atoms with Crippen molar-refractivity contribution in [2.45, 2.75) is 71.5 Å². The number of fused-ring (bicyclic) bond motifs is 2. The van der Waals surface area contributed by atoms with Crippen LogP contribution in [0.4, 0.5) is 0 Å². The molecule has 1 N–H and O–H groups in total. The minimum atomic E-state index is -0.216. The summed E-state index contributed by atoms with van der Waals surface area (Å²) in [7, 11) is 0. The van der Waals surface area contributed by atoms with Gasteiger partial charge in [-0.15, -0.1) is 5.10 Å². The fourth-order valence-corrected chi connectivity index (χ4v) is 5.52. The molecule has 0 radical (unpaired) electrons. The molecule has 1 atom stereocenters. The van der Waals surface area contributed by atoms with Crippen LogP contribution in [0.3, 0.4) is 0 Å². The highest BCUT2D eigenvalue weighted by Gasteiger charge is 2.31. The summed E-state index contributed by atoms with van der Waals surface area (Å²) < 4.78 is 19.0. The zero-order valence-corrected chi connectivity index (χ0v) is 24.3. The number of nitrogens with one attached hydrogen (secondary N) is 1. The Morgan fingerprint density at radius 1 is 1.07 bits per heavy atom. The number of ether oxygens (including phenoxy) is 3. The molecule has 11 nitrogen and oxygen atoms in total. The Bertz CT molecular complexity index is 1330. The number of H-pyrrole nitrogens is 1. The van der Waals surface area contributed by atoms with Crippen molar-refractivity contribution >= 4 is 10.9 Å². The highest BCUT2D eigenvalue weighted by Crippen LogP contribution is 2.34. The summed E-state index contributed by atoms with van der Waals surface area (Å²) >= 11 is 0. The Labute approximate surface area is 235 Å². The van der Waals surface area contributed by atoms with Gasteiger partial charge in [-0.05, 0) is 62.2 Å². The molecular weight excluding hydrogens is 510 g/mol. The molecule has 218 valence electrons.